The van der Waals surface area contributed by atoms with Crippen molar-refractivity contribution in [2.24, 2.45) is 11.8 Å². The fraction of sp³-hybridized carbons (Fsp3) is 1.00. The molecule has 0 amide bonds. The molecule has 2 nitrogen and oxygen atoms in total. The van der Waals surface area contributed by atoms with Gasteiger partial charge >= 0.3 is 0 Å². The van der Waals surface area contributed by atoms with Gasteiger partial charge in [-0.15, -0.1) is 0 Å². The van der Waals surface area contributed by atoms with E-state index in [0.717, 1.165) is 31.4 Å². The first kappa shape index (κ1) is 14.0. The predicted octanol–water partition coefficient (Wildman–Crippen LogP) is 3.22. The number of nitrogens with one attached hydrogen (secondary N) is 1. The van der Waals surface area contributed by atoms with Crippen LogP contribution in [-0.2, 0) is 4.74 Å². The lowest BCUT2D eigenvalue weighted by atomic mass is 9.83. The van der Waals surface area contributed by atoms with Crippen LogP contribution in [0.4, 0.5) is 0 Å². The molecule has 0 bridgehead atoms. The number of rotatable bonds is 7. The van der Waals surface area contributed by atoms with Crippen molar-refractivity contribution >= 4 is 0 Å². The third-order valence-corrected chi connectivity index (χ3v) is 3.52. The van der Waals surface area contributed by atoms with Crippen molar-refractivity contribution in [3.63, 3.8) is 0 Å². The predicted molar refractivity (Wildman–Crippen MR) is 69.7 cm³/mol. The molecule has 0 radical (unpaired) electrons. The smallest absolute Gasteiger partial charge is 0.0518 e. The second-order valence-electron chi connectivity index (χ2n) is 5.60. The largest absolute Gasteiger partial charge is 0.379 e. The van der Waals surface area contributed by atoms with Crippen molar-refractivity contribution in [3.8, 4) is 0 Å². The summed E-state index contributed by atoms with van der Waals surface area (Å²) in [5, 5.41) is 3.56. The third kappa shape index (κ3) is 6.49. The summed E-state index contributed by atoms with van der Waals surface area (Å²) >= 11 is 0. The molecular formula is C14H29NO. The second-order valence-corrected chi connectivity index (χ2v) is 5.60. The summed E-state index contributed by atoms with van der Waals surface area (Å²) in [6.45, 7) is 9.79. The Balaban J connectivity index is 1.87. The molecule has 1 fully saturated rings. The maximum atomic E-state index is 5.51. The molecular weight excluding hydrogens is 198 g/mol. The van der Waals surface area contributed by atoms with Crippen LogP contribution in [0.3, 0.4) is 0 Å². The van der Waals surface area contributed by atoms with Gasteiger partial charge in [-0.05, 0) is 58.0 Å². The summed E-state index contributed by atoms with van der Waals surface area (Å²) in [5.74, 6) is 1.90. The molecule has 1 rings (SSSR count). The van der Waals surface area contributed by atoms with E-state index >= 15 is 0 Å². The molecule has 0 atom stereocenters. The van der Waals surface area contributed by atoms with E-state index in [9.17, 15) is 0 Å². The molecule has 1 saturated carbocycles. The van der Waals surface area contributed by atoms with Gasteiger partial charge in [-0.2, -0.15) is 0 Å². The molecule has 0 spiro atoms. The summed E-state index contributed by atoms with van der Waals surface area (Å²) in [6, 6.07) is 0. The Bertz CT molecular complexity index is 162. The average molecular weight is 227 g/mol. The van der Waals surface area contributed by atoms with E-state index in [-0.39, 0.29) is 0 Å². The van der Waals surface area contributed by atoms with Crippen LogP contribution in [0, 0.1) is 11.8 Å². The Morgan fingerprint density at radius 2 is 1.88 bits per heavy atom. The van der Waals surface area contributed by atoms with E-state index in [1.165, 1.54) is 32.2 Å². The Labute approximate surface area is 101 Å². The lowest BCUT2D eigenvalue weighted by Crippen LogP contribution is -2.27. The SMILES string of the molecule is CC1CCC(CNCCCOC(C)C)CC1. The zero-order chi connectivity index (χ0) is 11.8. The molecule has 96 valence electrons. The van der Waals surface area contributed by atoms with E-state index < -0.39 is 0 Å². The highest BCUT2D eigenvalue weighted by Crippen LogP contribution is 2.27. The molecule has 0 aromatic rings. The molecule has 0 saturated heterocycles. The Morgan fingerprint density at radius 3 is 2.50 bits per heavy atom. The molecule has 0 aromatic carbocycles. The van der Waals surface area contributed by atoms with E-state index in [2.05, 4.69) is 26.1 Å². The first-order valence-electron chi connectivity index (χ1n) is 7.00. The number of hydrogen-bond acceptors (Lipinski definition) is 2. The fourth-order valence-electron chi connectivity index (χ4n) is 2.36. The summed E-state index contributed by atoms with van der Waals surface area (Å²) in [4.78, 5) is 0. The highest BCUT2D eigenvalue weighted by molar-refractivity contribution is 4.71. The van der Waals surface area contributed by atoms with Gasteiger partial charge in [-0.3, -0.25) is 0 Å². The number of hydrogen-bond donors (Lipinski definition) is 1. The normalized spacial score (nSPS) is 26.2. The lowest BCUT2D eigenvalue weighted by Gasteiger charge is -2.26. The third-order valence-electron chi connectivity index (χ3n) is 3.52. The molecule has 0 unspecified atom stereocenters. The van der Waals surface area contributed by atoms with Gasteiger partial charge in [-0.1, -0.05) is 19.8 Å². The molecule has 1 N–H and O–H groups in total. The van der Waals surface area contributed by atoms with Crippen LogP contribution in [0.5, 0.6) is 0 Å². The van der Waals surface area contributed by atoms with Crippen molar-refractivity contribution in [2.75, 3.05) is 19.7 Å². The summed E-state index contributed by atoms with van der Waals surface area (Å²) in [7, 11) is 0. The molecule has 0 heterocycles. The maximum absolute atomic E-state index is 5.51. The van der Waals surface area contributed by atoms with Gasteiger partial charge in [0.2, 0.25) is 0 Å². The fourth-order valence-corrected chi connectivity index (χ4v) is 2.36. The van der Waals surface area contributed by atoms with Crippen LogP contribution in [-0.4, -0.2) is 25.8 Å². The van der Waals surface area contributed by atoms with Crippen LogP contribution >= 0.6 is 0 Å². The van der Waals surface area contributed by atoms with Gasteiger partial charge in [0.25, 0.3) is 0 Å². The summed E-state index contributed by atoms with van der Waals surface area (Å²) < 4.78 is 5.51. The Hall–Kier alpha value is -0.0800. The van der Waals surface area contributed by atoms with Gasteiger partial charge in [0, 0.05) is 6.61 Å². The maximum Gasteiger partial charge on any atom is 0.0518 e. The van der Waals surface area contributed by atoms with E-state index in [4.69, 9.17) is 4.74 Å². The van der Waals surface area contributed by atoms with E-state index in [1.54, 1.807) is 0 Å². The van der Waals surface area contributed by atoms with Crippen LogP contribution in [0.25, 0.3) is 0 Å². The monoisotopic (exact) mass is 227 g/mol. The summed E-state index contributed by atoms with van der Waals surface area (Å²) in [5.41, 5.74) is 0. The zero-order valence-electron chi connectivity index (χ0n) is 11.3. The van der Waals surface area contributed by atoms with Gasteiger partial charge in [0.1, 0.15) is 0 Å². The standard InChI is InChI=1S/C14H29NO/c1-12(2)16-10-4-9-15-11-14-7-5-13(3)6-8-14/h12-15H,4-11H2,1-3H3. The lowest BCUT2D eigenvalue weighted by molar-refractivity contribution is 0.0768. The molecule has 16 heavy (non-hydrogen) atoms. The minimum atomic E-state index is 0.375. The first-order valence-corrected chi connectivity index (χ1v) is 7.00. The zero-order valence-corrected chi connectivity index (χ0v) is 11.3. The van der Waals surface area contributed by atoms with Crippen molar-refractivity contribution in [1.29, 1.82) is 0 Å². The van der Waals surface area contributed by atoms with Crippen molar-refractivity contribution < 1.29 is 4.74 Å². The van der Waals surface area contributed by atoms with Crippen molar-refractivity contribution in [3.05, 3.63) is 0 Å². The van der Waals surface area contributed by atoms with E-state index in [1.807, 2.05) is 0 Å². The first-order chi connectivity index (χ1) is 7.68. The van der Waals surface area contributed by atoms with Crippen LogP contribution in [0.2, 0.25) is 0 Å². The highest BCUT2D eigenvalue weighted by atomic mass is 16.5. The molecule has 2 heteroatoms. The minimum absolute atomic E-state index is 0.375. The van der Waals surface area contributed by atoms with Crippen LogP contribution < -0.4 is 5.32 Å². The molecule has 0 aromatic heterocycles. The summed E-state index contributed by atoms with van der Waals surface area (Å²) in [6.07, 6.45) is 7.24. The Kier molecular flexibility index (Phi) is 7.06. The Morgan fingerprint density at radius 1 is 1.19 bits per heavy atom. The average Bonchev–Trinajstić information content (AvgIpc) is 2.25. The molecule has 0 aliphatic heterocycles. The van der Waals surface area contributed by atoms with Gasteiger partial charge in [-0.25, -0.2) is 0 Å². The van der Waals surface area contributed by atoms with Gasteiger partial charge in [0.05, 0.1) is 6.10 Å². The van der Waals surface area contributed by atoms with Gasteiger partial charge < -0.3 is 10.1 Å². The van der Waals surface area contributed by atoms with Crippen LogP contribution in [0.15, 0.2) is 0 Å². The molecule has 1 aliphatic rings. The highest BCUT2D eigenvalue weighted by Gasteiger charge is 2.17. The number of ether oxygens (including phenoxy) is 1. The molecule has 1 aliphatic carbocycles. The van der Waals surface area contributed by atoms with Crippen molar-refractivity contribution in [1.82, 2.24) is 5.32 Å². The van der Waals surface area contributed by atoms with Gasteiger partial charge in [0.15, 0.2) is 0 Å². The van der Waals surface area contributed by atoms with Crippen LogP contribution in [0.1, 0.15) is 52.9 Å². The quantitative estimate of drug-likeness (QED) is 0.674. The minimum Gasteiger partial charge on any atom is -0.379 e. The van der Waals surface area contributed by atoms with Crippen molar-refractivity contribution in [2.45, 2.75) is 59.0 Å². The second kappa shape index (κ2) is 8.08. The topological polar surface area (TPSA) is 21.3 Å². The van der Waals surface area contributed by atoms with E-state index in [0.29, 0.717) is 6.10 Å².